The Kier molecular flexibility index (Phi) is 7.33. The second-order valence-corrected chi connectivity index (χ2v) is 12.6. The van der Waals surface area contributed by atoms with Gasteiger partial charge in [-0.25, -0.2) is 0 Å². The number of rotatable bonds is 7. The van der Waals surface area contributed by atoms with Crippen molar-refractivity contribution < 1.29 is 4.42 Å². The minimum atomic E-state index is 0.476. The average Bonchev–Trinajstić information content (AvgIpc) is 3.54. The quantitative estimate of drug-likeness (QED) is 0.162. The van der Waals surface area contributed by atoms with Gasteiger partial charge in [-0.2, -0.15) is 0 Å². The van der Waals surface area contributed by atoms with Crippen molar-refractivity contribution in [2.45, 2.75) is 6.54 Å². The lowest BCUT2D eigenvalue weighted by Crippen LogP contribution is -2.16. The molecule has 1 aliphatic carbocycles. The number of benzene rings is 7. The van der Waals surface area contributed by atoms with Crippen LogP contribution in [-0.4, -0.2) is 5.71 Å². The van der Waals surface area contributed by atoms with Crippen LogP contribution in [0.2, 0.25) is 0 Å². The summed E-state index contributed by atoms with van der Waals surface area (Å²) in [5, 5.41) is 23.2. The fourth-order valence-corrected chi connectivity index (χ4v) is 7.10. The first kappa shape index (κ1) is 29.5. The van der Waals surface area contributed by atoms with E-state index in [0.717, 1.165) is 55.7 Å². The molecular weight excluding hydrogens is 611 g/mol. The molecule has 0 amide bonds. The third kappa shape index (κ3) is 5.33. The van der Waals surface area contributed by atoms with E-state index in [1.807, 2.05) is 48.6 Å². The summed E-state index contributed by atoms with van der Waals surface area (Å²) in [6.45, 7) is 0.603. The van der Waals surface area contributed by atoms with E-state index in [1.54, 1.807) is 0 Å². The maximum Gasteiger partial charge on any atom is 0.135 e. The molecule has 7 aromatic carbocycles. The first-order chi connectivity index (χ1) is 24.7. The van der Waals surface area contributed by atoms with E-state index in [1.165, 1.54) is 32.7 Å². The van der Waals surface area contributed by atoms with Gasteiger partial charge < -0.3 is 20.5 Å². The van der Waals surface area contributed by atoms with Crippen LogP contribution in [0.5, 0.6) is 0 Å². The Bertz CT molecular complexity index is 2690. The van der Waals surface area contributed by atoms with Gasteiger partial charge in [0.15, 0.2) is 0 Å². The van der Waals surface area contributed by atoms with Crippen LogP contribution in [0.1, 0.15) is 11.1 Å². The van der Waals surface area contributed by atoms with Crippen LogP contribution < -0.4 is 10.6 Å². The lowest BCUT2D eigenvalue weighted by atomic mass is 9.92. The average molecular weight is 644 g/mol. The molecule has 8 aromatic rings. The molecule has 9 rings (SSSR count). The Morgan fingerprint density at radius 3 is 2.12 bits per heavy atom. The highest BCUT2D eigenvalue weighted by atomic mass is 16.3. The highest BCUT2D eigenvalue weighted by Crippen LogP contribution is 2.40. The molecule has 4 heteroatoms. The van der Waals surface area contributed by atoms with Crippen molar-refractivity contribution in [2.24, 2.45) is 0 Å². The van der Waals surface area contributed by atoms with Gasteiger partial charge in [0.25, 0.3) is 0 Å². The summed E-state index contributed by atoms with van der Waals surface area (Å²) in [5.41, 5.74) is 10.6. The van der Waals surface area contributed by atoms with Crippen LogP contribution >= 0.6 is 0 Å². The highest BCUT2D eigenvalue weighted by Gasteiger charge is 2.16. The molecule has 1 aliphatic rings. The number of para-hydroxylation sites is 1. The molecule has 0 unspecified atom stereocenters. The van der Waals surface area contributed by atoms with E-state index < -0.39 is 0 Å². The van der Waals surface area contributed by atoms with Crippen LogP contribution in [0.15, 0.2) is 180 Å². The molecule has 0 bridgehead atoms. The number of hydrogen-bond acceptors (Lipinski definition) is 4. The second-order valence-electron chi connectivity index (χ2n) is 12.6. The molecule has 0 saturated heterocycles. The molecule has 0 spiro atoms. The van der Waals surface area contributed by atoms with Crippen molar-refractivity contribution in [1.82, 2.24) is 5.32 Å². The third-order valence-corrected chi connectivity index (χ3v) is 9.55. The van der Waals surface area contributed by atoms with Gasteiger partial charge >= 0.3 is 0 Å². The van der Waals surface area contributed by atoms with Gasteiger partial charge in [0.2, 0.25) is 0 Å². The first-order valence-electron chi connectivity index (χ1n) is 16.9. The van der Waals surface area contributed by atoms with Crippen LogP contribution in [-0.2, 0) is 6.54 Å². The van der Waals surface area contributed by atoms with Crippen LogP contribution in [0.4, 0.5) is 11.4 Å². The Morgan fingerprint density at radius 2 is 1.28 bits per heavy atom. The summed E-state index contributed by atoms with van der Waals surface area (Å²) in [4.78, 5) is 0. The van der Waals surface area contributed by atoms with Gasteiger partial charge in [-0.15, -0.1) is 0 Å². The fraction of sp³-hybridized carbons (Fsp3) is 0.0217. The van der Waals surface area contributed by atoms with Crippen molar-refractivity contribution in [3.05, 3.63) is 187 Å². The number of fused-ring (bicyclic) bond motifs is 5. The number of anilines is 2. The molecule has 0 radical (unpaired) electrons. The van der Waals surface area contributed by atoms with Gasteiger partial charge in [0.1, 0.15) is 11.2 Å². The second kappa shape index (κ2) is 12.4. The summed E-state index contributed by atoms with van der Waals surface area (Å²) in [5.74, 6) is 0. The molecule has 0 aliphatic heterocycles. The number of furan rings is 1. The standard InChI is InChI=1S/C46H33N3O/c47-41-18-7-5-16-39(41)46(33-23-27-44-40(28-33)37-15-6-8-19-43(37)50-44)48-29-30-20-24-34(25-21-30)49-42-26-22-32-11-2-4-14-36(32)45(42)38-17-9-12-31-10-1-3-13-35(31)38/h1-28,47-49H,29H2/b46-39-,47-41?. The summed E-state index contributed by atoms with van der Waals surface area (Å²) >= 11 is 0. The van der Waals surface area contributed by atoms with Crippen molar-refractivity contribution in [3.8, 4) is 11.1 Å². The van der Waals surface area contributed by atoms with Crippen LogP contribution in [0.3, 0.4) is 0 Å². The van der Waals surface area contributed by atoms with Crippen molar-refractivity contribution in [3.63, 3.8) is 0 Å². The molecule has 0 fully saturated rings. The normalized spacial score (nSPS) is 13.8. The third-order valence-electron chi connectivity index (χ3n) is 9.55. The number of allylic oxidation sites excluding steroid dienone is 5. The molecule has 4 nitrogen and oxygen atoms in total. The van der Waals surface area contributed by atoms with E-state index in [4.69, 9.17) is 9.83 Å². The van der Waals surface area contributed by atoms with Gasteiger partial charge in [0, 0.05) is 39.8 Å². The minimum absolute atomic E-state index is 0.476. The SMILES string of the molecule is N=C1C=CC=C/C1=C(/NCc1ccc(Nc2ccc3ccccc3c2-c2cccc3ccccc23)cc1)c1ccc2oc3ccccc3c2c1. The molecule has 0 saturated carbocycles. The molecule has 1 aromatic heterocycles. The maximum atomic E-state index is 8.72. The Hall–Kier alpha value is -6.65. The van der Waals surface area contributed by atoms with E-state index in [-0.39, 0.29) is 0 Å². The predicted octanol–water partition coefficient (Wildman–Crippen LogP) is 11.9. The summed E-state index contributed by atoms with van der Waals surface area (Å²) in [7, 11) is 0. The lowest BCUT2D eigenvalue weighted by molar-refractivity contribution is 0.669. The maximum absolute atomic E-state index is 8.72. The van der Waals surface area contributed by atoms with Gasteiger partial charge in [0.05, 0.1) is 11.4 Å². The molecule has 3 N–H and O–H groups in total. The summed E-state index contributed by atoms with van der Waals surface area (Å²) in [6.07, 6.45) is 7.73. The Balaban J connectivity index is 1.03. The molecule has 50 heavy (non-hydrogen) atoms. The monoisotopic (exact) mass is 643 g/mol. The van der Waals surface area contributed by atoms with Crippen molar-refractivity contribution >= 4 is 66.3 Å². The highest BCUT2D eigenvalue weighted by molar-refractivity contribution is 6.15. The minimum Gasteiger partial charge on any atom is -0.456 e. The van der Waals surface area contributed by atoms with Gasteiger partial charge in [-0.05, 0) is 86.8 Å². The fourth-order valence-electron chi connectivity index (χ4n) is 7.10. The molecular formula is C46H33N3O. The molecule has 1 heterocycles. The van der Waals surface area contributed by atoms with E-state index in [0.29, 0.717) is 12.3 Å². The zero-order valence-corrected chi connectivity index (χ0v) is 27.3. The Labute approximate surface area is 290 Å². The van der Waals surface area contributed by atoms with E-state index in [9.17, 15) is 0 Å². The van der Waals surface area contributed by atoms with E-state index >= 15 is 0 Å². The predicted molar refractivity (Wildman–Crippen MR) is 210 cm³/mol. The van der Waals surface area contributed by atoms with Gasteiger partial charge in [-0.1, -0.05) is 121 Å². The zero-order chi connectivity index (χ0) is 33.4. The summed E-state index contributed by atoms with van der Waals surface area (Å²) < 4.78 is 6.10. The van der Waals surface area contributed by atoms with Crippen molar-refractivity contribution in [2.75, 3.05) is 5.32 Å². The van der Waals surface area contributed by atoms with E-state index in [2.05, 4.69) is 132 Å². The Morgan fingerprint density at radius 1 is 0.580 bits per heavy atom. The van der Waals surface area contributed by atoms with Gasteiger partial charge in [-0.3, -0.25) is 0 Å². The molecule has 0 atom stereocenters. The van der Waals surface area contributed by atoms with Crippen LogP contribution in [0, 0.1) is 5.41 Å². The largest absolute Gasteiger partial charge is 0.456 e. The van der Waals surface area contributed by atoms with Crippen molar-refractivity contribution in [1.29, 1.82) is 5.41 Å². The molecule has 238 valence electrons. The number of nitrogens with one attached hydrogen (secondary N) is 3. The zero-order valence-electron chi connectivity index (χ0n) is 27.3. The first-order valence-corrected chi connectivity index (χ1v) is 16.9. The van der Waals surface area contributed by atoms with Crippen LogP contribution in [0.25, 0.3) is 60.3 Å². The smallest absolute Gasteiger partial charge is 0.135 e. The lowest BCUT2D eigenvalue weighted by Gasteiger charge is -2.18. The summed E-state index contributed by atoms with van der Waals surface area (Å²) in [6, 6.07) is 51.1. The number of hydrogen-bond donors (Lipinski definition) is 3. The topological polar surface area (TPSA) is 61.1 Å².